The molecule has 0 unspecified atom stereocenters. The summed E-state index contributed by atoms with van der Waals surface area (Å²) < 4.78 is 16.8. The molecular weight excluding hydrogens is 390 g/mol. The first kappa shape index (κ1) is 21.6. The van der Waals surface area contributed by atoms with Gasteiger partial charge in [0.2, 0.25) is 0 Å². The lowest BCUT2D eigenvalue weighted by Gasteiger charge is -2.30. The summed E-state index contributed by atoms with van der Waals surface area (Å²) in [6.07, 6.45) is 3.78. The van der Waals surface area contributed by atoms with Gasteiger partial charge in [-0.2, -0.15) is 0 Å². The number of fused-ring (bicyclic) bond motifs is 1. The van der Waals surface area contributed by atoms with Crippen LogP contribution < -0.4 is 9.47 Å². The maximum absolute atomic E-state index is 5.72. The minimum Gasteiger partial charge on any atom is -0.496 e. The predicted octanol–water partition coefficient (Wildman–Crippen LogP) is 3.59. The Kier molecular flexibility index (Phi) is 7.35. The van der Waals surface area contributed by atoms with Gasteiger partial charge in [0.05, 0.1) is 27.4 Å². The summed E-state index contributed by atoms with van der Waals surface area (Å²) in [6, 6.07) is 14.5. The maximum atomic E-state index is 5.72. The van der Waals surface area contributed by atoms with Crippen LogP contribution in [0.4, 0.5) is 0 Å². The fourth-order valence-electron chi connectivity index (χ4n) is 4.21. The average Bonchev–Trinajstić information content (AvgIpc) is 2.83. The lowest BCUT2D eigenvalue weighted by molar-refractivity contribution is 0.0325. The summed E-state index contributed by atoms with van der Waals surface area (Å²) in [4.78, 5) is 9.27. The van der Waals surface area contributed by atoms with E-state index in [1.165, 1.54) is 11.1 Å². The van der Waals surface area contributed by atoms with Crippen molar-refractivity contribution in [1.29, 1.82) is 0 Å². The standard InChI is InChI=1S/C25H31N3O3/c1-29-23-9-8-21(25-22(23)6-3-7-24(25)30-2)19-28(18-20-5-4-10-26-17-20)12-11-27-13-15-31-16-14-27/h3-10,17H,11-16,18-19H2,1-2H3. The fraction of sp³-hybridized carbons (Fsp3) is 0.400. The topological polar surface area (TPSA) is 47.1 Å². The minimum atomic E-state index is 0.820. The number of benzene rings is 2. The van der Waals surface area contributed by atoms with E-state index in [2.05, 4.69) is 39.0 Å². The number of nitrogens with zero attached hydrogens (tertiary/aromatic N) is 3. The van der Waals surface area contributed by atoms with Crippen LogP contribution in [-0.4, -0.2) is 68.4 Å². The van der Waals surface area contributed by atoms with Gasteiger partial charge in [-0.05, 0) is 29.3 Å². The van der Waals surface area contributed by atoms with Crippen LogP contribution in [0.5, 0.6) is 11.5 Å². The molecule has 6 nitrogen and oxygen atoms in total. The number of morpholine rings is 1. The highest BCUT2D eigenvalue weighted by molar-refractivity contribution is 5.95. The lowest BCUT2D eigenvalue weighted by Crippen LogP contribution is -2.41. The van der Waals surface area contributed by atoms with Gasteiger partial charge in [0.1, 0.15) is 11.5 Å². The second kappa shape index (κ2) is 10.6. The van der Waals surface area contributed by atoms with Gasteiger partial charge in [0.25, 0.3) is 0 Å². The van der Waals surface area contributed by atoms with E-state index < -0.39 is 0 Å². The predicted molar refractivity (Wildman–Crippen MR) is 123 cm³/mol. The monoisotopic (exact) mass is 421 g/mol. The number of rotatable bonds is 9. The van der Waals surface area contributed by atoms with Crippen molar-refractivity contribution in [3.63, 3.8) is 0 Å². The smallest absolute Gasteiger partial charge is 0.127 e. The van der Waals surface area contributed by atoms with E-state index >= 15 is 0 Å². The Labute approximate surface area is 184 Å². The summed E-state index contributed by atoms with van der Waals surface area (Å²) in [7, 11) is 3.44. The summed E-state index contributed by atoms with van der Waals surface area (Å²) in [6.45, 7) is 7.30. The quantitative estimate of drug-likeness (QED) is 0.526. The van der Waals surface area contributed by atoms with Crippen molar-refractivity contribution in [1.82, 2.24) is 14.8 Å². The van der Waals surface area contributed by atoms with Crippen molar-refractivity contribution in [3.8, 4) is 11.5 Å². The van der Waals surface area contributed by atoms with Gasteiger partial charge >= 0.3 is 0 Å². The number of ether oxygens (including phenoxy) is 3. The van der Waals surface area contributed by atoms with Gasteiger partial charge < -0.3 is 14.2 Å². The molecule has 0 N–H and O–H groups in total. The third kappa shape index (κ3) is 5.34. The highest BCUT2D eigenvalue weighted by Gasteiger charge is 2.17. The molecule has 0 saturated carbocycles. The molecule has 2 aromatic carbocycles. The zero-order chi connectivity index (χ0) is 21.5. The molecule has 1 fully saturated rings. The van der Waals surface area contributed by atoms with Crippen molar-refractivity contribution in [2.75, 3.05) is 53.6 Å². The molecule has 0 aliphatic carbocycles. The Hall–Kier alpha value is -2.67. The first-order valence-electron chi connectivity index (χ1n) is 10.8. The second-order valence-electron chi connectivity index (χ2n) is 7.84. The summed E-state index contributed by atoms with van der Waals surface area (Å²) in [5.74, 6) is 1.74. The van der Waals surface area contributed by atoms with E-state index in [9.17, 15) is 0 Å². The Bertz CT molecular complexity index is 974. The van der Waals surface area contributed by atoms with Crippen LogP contribution in [0.25, 0.3) is 10.8 Å². The molecule has 1 aliphatic heterocycles. The molecule has 0 bridgehead atoms. The van der Waals surface area contributed by atoms with Gasteiger partial charge in [-0.15, -0.1) is 0 Å². The fourth-order valence-corrected chi connectivity index (χ4v) is 4.21. The first-order chi connectivity index (χ1) is 15.3. The van der Waals surface area contributed by atoms with Crippen LogP contribution >= 0.6 is 0 Å². The first-order valence-corrected chi connectivity index (χ1v) is 10.8. The van der Waals surface area contributed by atoms with Crippen molar-refractivity contribution in [3.05, 3.63) is 66.0 Å². The largest absolute Gasteiger partial charge is 0.496 e. The van der Waals surface area contributed by atoms with Gasteiger partial charge in [-0.3, -0.25) is 14.8 Å². The lowest BCUT2D eigenvalue weighted by atomic mass is 10.0. The van der Waals surface area contributed by atoms with Crippen molar-refractivity contribution < 1.29 is 14.2 Å². The van der Waals surface area contributed by atoms with Gasteiger partial charge in [-0.1, -0.05) is 24.3 Å². The Morgan fingerprint density at radius 2 is 1.81 bits per heavy atom. The van der Waals surface area contributed by atoms with Crippen LogP contribution in [0.2, 0.25) is 0 Å². The number of pyridine rings is 1. The highest BCUT2D eigenvalue weighted by Crippen LogP contribution is 2.35. The van der Waals surface area contributed by atoms with Crippen LogP contribution in [0.1, 0.15) is 11.1 Å². The van der Waals surface area contributed by atoms with E-state index in [1.807, 2.05) is 30.6 Å². The molecule has 0 amide bonds. The molecule has 3 aromatic rings. The molecular formula is C25H31N3O3. The van der Waals surface area contributed by atoms with Gasteiger partial charge in [0, 0.05) is 62.4 Å². The number of hydrogen-bond acceptors (Lipinski definition) is 6. The molecule has 6 heteroatoms. The molecule has 1 saturated heterocycles. The summed E-state index contributed by atoms with van der Waals surface area (Å²) in [5, 5.41) is 2.20. The average molecular weight is 422 g/mol. The van der Waals surface area contributed by atoms with Crippen molar-refractivity contribution >= 4 is 10.8 Å². The maximum Gasteiger partial charge on any atom is 0.127 e. The SMILES string of the molecule is COc1ccc(CN(CCN2CCOCC2)Cc2cccnc2)c2c(OC)cccc12. The Morgan fingerprint density at radius 1 is 0.968 bits per heavy atom. The van der Waals surface area contributed by atoms with Crippen LogP contribution in [0.3, 0.4) is 0 Å². The zero-order valence-corrected chi connectivity index (χ0v) is 18.4. The number of aromatic nitrogens is 1. The Balaban J connectivity index is 1.61. The molecule has 0 spiro atoms. The highest BCUT2D eigenvalue weighted by atomic mass is 16.5. The molecule has 1 aromatic heterocycles. The van der Waals surface area contributed by atoms with Crippen molar-refractivity contribution in [2.45, 2.75) is 13.1 Å². The van der Waals surface area contributed by atoms with E-state index in [4.69, 9.17) is 14.2 Å². The Morgan fingerprint density at radius 3 is 2.55 bits per heavy atom. The third-order valence-corrected chi connectivity index (χ3v) is 5.85. The summed E-state index contributed by atoms with van der Waals surface area (Å²) >= 11 is 0. The molecule has 164 valence electrons. The number of hydrogen-bond donors (Lipinski definition) is 0. The second-order valence-corrected chi connectivity index (χ2v) is 7.84. The van der Waals surface area contributed by atoms with Crippen molar-refractivity contribution in [2.24, 2.45) is 0 Å². The summed E-state index contributed by atoms with van der Waals surface area (Å²) in [5.41, 5.74) is 2.45. The molecule has 4 rings (SSSR count). The van der Waals surface area contributed by atoms with Gasteiger partial charge in [0.15, 0.2) is 0 Å². The van der Waals surface area contributed by atoms with E-state index in [0.29, 0.717) is 0 Å². The zero-order valence-electron chi connectivity index (χ0n) is 18.4. The number of methoxy groups -OCH3 is 2. The molecule has 1 aliphatic rings. The molecule has 31 heavy (non-hydrogen) atoms. The van der Waals surface area contributed by atoms with Crippen LogP contribution in [-0.2, 0) is 17.8 Å². The third-order valence-electron chi connectivity index (χ3n) is 5.85. The molecule has 2 heterocycles. The van der Waals surface area contributed by atoms with Crippen LogP contribution in [0.15, 0.2) is 54.9 Å². The molecule has 0 atom stereocenters. The van der Waals surface area contributed by atoms with Gasteiger partial charge in [-0.25, -0.2) is 0 Å². The van der Waals surface area contributed by atoms with E-state index in [0.717, 1.165) is 74.8 Å². The normalized spacial score (nSPS) is 14.8. The van der Waals surface area contributed by atoms with E-state index in [1.54, 1.807) is 14.2 Å². The molecule has 0 radical (unpaired) electrons. The minimum absolute atomic E-state index is 0.820. The van der Waals surface area contributed by atoms with Crippen LogP contribution in [0, 0.1) is 0 Å². The van der Waals surface area contributed by atoms with E-state index in [-0.39, 0.29) is 0 Å².